The minimum Gasteiger partial charge on any atom is -0.455 e. The molecule has 0 unspecified atom stereocenters. The van der Waals surface area contributed by atoms with Gasteiger partial charge in [0.15, 0.2) is 0 Å². The van der Waals surface area contributed by atoms with E-state index in [2.05, 4.69) is 97.7 Å². The number of furan rings is 1. The van der Waals surface area contributed by atoms with Gasteiger partial charge in [-0.25, -0.2) is 0 Å². The summed E-state index contributed by atoms with van der Waals surface area (Å²) in [5.74, 6) is 0.475. The van der Waals surface area contributed by atoms with Crippen molar-refractivity contribution in [1.29, 1.82) is 0 Å². The van der Waals surface area contributed by atoms with Gasteiger partial charge < -0.3 is 4.42 Å². The molecule has 0 saturated carbocycles. The zero-order valence-electron chi connectivity index (χ0n) is 16.7. The maximum absolute atomic E-state index is 6.35. The molecule has 2 heterocycles. The summed E-state index contributed by atoms with van der Waals surface area (Å²) in [4.78, 5) is 4.66. The molecule has 0 fully saturated rings. The standard InChI is InChI=1S/C27H23NO/c1-18(2)21-11-12-22-23-9-6-10-24(27(23)29-26(22)17-21)25-16-20(13-14-28-25)15-19-7-4-3-5-8-19/h3-14,16-18H,15H2,1-2H3. The largest absolute Gasteiger partial charge is 0.455 e. The topological polar surface area (TPSA) is 26.0 Å². The Kier molecular flexibility index (Phi) is 4.40. The lowest BCUT2D eigenvalue weighted by Crippen LogP contribution is -1.91. The van der Waals surface area contributed by atoms with Crippen molar-refractivity contribution in [3.8, 4) is 11.3 Å². The van der Waals surface area contributed by atoms with Gasteiger partial charge in [0.25, 0.3) is 0 Å². The molecule has 29 heavy (non-hydrogen) atoms. The maximum atomic E-state index is 6.35. The molecule has 0 spiro atoms. The highest BCUT2D eigenvalue weighted by Crippen LogP contribution is 2.36. The van der Waals surface area contributed by atoms with E-state index in [0.717, 1.165) is 39.6 Å². The number of hydrogen-bond donors (Lipinski definition) is 0. The molecule has 2 aromatic heterocycles. The summed E-state index contributed by atoms with van der Waals surface area (Å²) in [6.07, 6.45) is 2.79. The van der Waals surface area contributed by atoms with Crippen LogP contribution in [0.1, 0.15) is 36.5 Å². The fraction of sp³-hybridized carbons (Fsp3) is 0.148. The quantitative estimate of drug-likeness (QED) is 0.327. The van der Waals surface area contributed by atoms with Crippen LogP contribution in [0, 0.1) is 0 Å². The Labute approximate surface area is 170 Å². The molecular weight excluding hydrogens is 354 g/mol. The van der Waals surface area contributed by atoms with E-state index in [0.29, 0.717) is 5.92 Å². The lowest BCUT2D eigenvalue weighted by atomic mass is 10.00. The number of rotatable bonds is 4. The number of nitrogens with zero attached hydrogens (tertiary/aromatic N) is 1. The van der Waals surface area contributed by atoms with Gasteiger partial charge in [0.2, 0.25) is 0 Å². The van der Waals surface area contributed by atoms with Crippen LogP contribution in [0.3, 0.4) is 0 Å². The van der Waals surface area contributed by atoms with Crippen LogP contribution in [0.2, 0.25) is 0 Å². The third kappa shape index (κ3) is 3.31. The predicted molar refractivity (Wildman–Crippen MR) is 120 cm³/mol. The molecule has 0 radical (unpaired) electrons. The van der Waals surface area contributed by atoms with Crippen LogP contribution in [-0.2, 0) is 6.42 Å². The van der Waals surface area contributed by atoms with Gasteiger partial charge in [0.1, 0.15) is 11.2 Å². The Hall–Kier alpha value is -3.39. The molecule has 5 aromatic rings. The van der Waals surface area contributed by atoms with E-state index < -0.39 is 0 Å². The van der Waals surface area contributed by atoms with Crippen molar-refractivity contribution >= 4 is 21.9 Å². The average molecular weight is 377 g/mol. The molecule has 0 amide bonds. The highest BCUT2D eigenvalue weighted by atomic mass is 16.3. The average Bonchev–Trinajstić information content (AvgIpc) is 3.12. The van der Waals surface area contributed by atoms with Crippen molar-refractivity contribution in [1.82, 2.24) is 4.98 Å². The molecule has 142 valence electrons. The SMILES string of the molecule is CC(C)c1ccc2c(c1)oc1c(-c3cc(Cc4ccccc4)ccn3)cccc12. The van der Waals surface area contributed by atoms with Gasteiger partial charge in [-0.1, -0.05) is 68.4 Å². The first-order valence-corrected chi connectivity index (χ1v) is 10.1. The third-order valence-electron chi connectivity index (χ3n) is 5.54. The lowest BCUT2D eigenvalue weighted by Gasteiger charge is -2.06. The van der Waals surface area contributed by atoms with Gasteiger partial charge >= 0.3 is 0 Å². The summed E-state index contributed by atoms with van der Waals surface area (Å²) in [6, 6.07) is 27.7. The first-order valence-electron chi connectivity index (χ1n) is 10.1. The van der Waals surface area contributed by atoms with Crippen LogP contribution in [0.5, 0.6) is 0 Å². The maximum Gasteiger partial charge on any atom is 0.144 e. The van der Waals surface area contributed by atoms with E-state index >= 15 is 0 Å². The highest BCUT2D eigenvalue weighted by Gasteiger charge is 2.14. The van der Waals surface area contributed by atoms with Gasteiger partial charge in [-0.05, 0) is 53.3 Å². The Balaban J connectivity index is 1.61. The Morgan fingerprint density at radius 2 is 1.66 bits per heavy atom. The summed E-state index contributed by atoms with van der Waals surface area (Å²) in [5.41, 5.74) is 7.68. The molecule has 2 heteroatoms. The molecular formula is C27H23NO. The van der Waals surface area contributed by atoms with E-state index in [1.54, 1.807) is 0 Å². The number of aromatic nitrogens is 1. The van der Waals surface area contributed by atoms with E-state index in [1.165, 1.54) is 16.7 Å². The van der Waals surface area contributed by atoms with Crippen LogP contribution < -0.4 is 0 Å². The van der Waals surface area contributed by atoms with E-state index in [1.807, 2.05) is 6.20 Å². The van der Waals surface area contributed by atoms with Crippen molar-refractivity contribution in [3.63, 3.8) is 0 Å². The molecule has 0 bridgehead atoms. The van der Waals surface area contributed by atoms with Crippen molar-refractivity contribution in [2.24, 2.45) is 0 Å². The zero-order valence-corrected chi connectivity index (χ0v) is 16.7. The van der Waals surface area contributed by atoms with Gasteiger partial charge in [-0.3, -0.25) is 4.98 Å². The van der Waals surface area contributed by atoms with E-state index in [-0.39, 0.29) is 0 Å². The van der Waals surface area contributed by atoms with Gasteiger partial charge in [-0.15, -0.1) is 0 Å². The smallest absolute Gasteiger partial charge is 0.144 e. The Morgan fingerprint density at radius 3 is 2.48 bits per heavy atom. The van der Waals surface area contributed by atoms with Crippen molar-refractivity contribution in [2.75, 3.05) is 0 Å². The van der Waals surface area contributed by atoms with Crippen LogP contribution in [0.4, 0.5) is 0 Å². The molecule has 3 aromatic carbocycles. The third-order valence-corrected chi connectivity index (χ3v) is 5.54. The molecule has 2 nitrogen and oxygen atoms in total. The van der Waals surface area contributed by atoms with Crippen molar-refractivity contribution < 1.29 is 4.42 Å². The molecule has 0 aliphatic carbocycles. The van der Waals surface area contributed by atoms with Crippen LogP contribution in [0.25, 0.3) is 33.2 Å². The van der Waals surface area contributed by atoms with Gasteiger partial charge in [-0.2, -0.15) is 0 Å². The molecule has 0 N–H and O–H groups in total. The normalized spacial score (nSPS) is 11.6. The number of hydrogen-bond acceptors (Lipinski definition) is 2. The molecule has 0 aliphatic heterocycles. The van der Waals surface area contributed by atoms with Gasteiger partial charge in [0.05, 0.1) is 5.69 Å². The predicted octanol–water partition coefficient (Wildman–Crippen LogP) is 7.36. The number of para-hydroxylation sites is 1. The highest BCUT2D eigenvalue weighted by molar-refractivity contribution is 6.09. The molecule has 0 saturated heterocycles. The van der Waals surface area contributed by atoms with Crippen LogP contribution in [0.15, 0.2) is 89.5 Å². The molecule has 5 rings (SSSR count). The fourth-order valence-electron chi connectivity index (χ4n) is 3.94. The Morgan fingerprint density at radius 1 is 0.793 bits per heavy atom. The molecule has 0 atom stereocenters. The lowest BCUT2D eigenvalue weighted by molar-refractivity contribution is 0.668. The monoisotopic (exact) mass is 377 g/mol. The first kappa shape index (κ1) is 17.7. The fourth-order valence-corrected chi connectivity index (χ4v) is 3.94. The summed E-state index contributed by atoms with van der Waals surface area (Å²) >= 11 is 0. The number of fused-ring (bicyclic) bond motifs is 3. The molecule has 0 aliphatic rings. The van der Waals surface area contributed by atoms with Gasteiger partial charge in [0, 0.05) is 22.5 Å². The van der Waals surface area contributed by atoms with Crippen molar-refractivity contribution in [3.05, 3.63) is 102 Å². The minimum atomic E-state index is 0.475. The summed E-state index contributed by atoms with van der Waals surface area (Å²) in [5, 5.41) is 2.30. The first-order chi connectivity index (χ1) is 14.2. The van der Waals surface area contributed by atoms with E-state index in [4.69, 9.17) is 4.42 Å². The Bertz CT molecular complexity index is 1300. The van der Waals surface area contributed by atoms with Crippen LogP contribution in [-0.4, -0.2) is 4.98 Å². The second-order valence-electron chi connectivity index (χ2n) is 7.91. The summed E-state index contributed by atoms with van der Waals surface area (Å²) in [7, 11) is 0. The second kappa shape index (κ2) is 7.21. The zero-order chi connectivity index (χ0) is 19.8. The summed E-state index contributed by atoms with van der Waals surface area (Å²) < 4.78 is 6.35. The summed E-state index contributed by atoms with van der Waals surface area (Å²) in [6.45, 7) is 4.41. The number of pyridine rings is 1. The minimum absolute atomic E-state index is 0.475. The van der Waals surface area contributed by atoms with Crippen molar-refractivity contribution in [2.45, 2.75) is 26.2 Å². The van der Waals surface area contributed by atoms with E-state index in [9.17, 15) is 0 Å². The second-order valence-corrected chi connectivity index (χ2v) is 7.91. The van der Waals surface area contributed by atoms with Crippen LogP contribution >= 0.6 is 0 Å². The number of benzene rings is 3.